The van der Waals surface area contributed by atoms with Crippen molar-refractivity contribution in [1.82, 2.24) is 10.2 Å². The molecule has 0 spiro atoms. The Morgan fingerprint density at radius 1 is 1.38 bits per heavy atom. The number of benzene rings is 1. The van der Waals surface area contributed by atoms with E-state index in [0.29, 0.717) is 12.0 Å². The van der Waals surface area contributed by atoms with Gasteiger partial charge in [0.1, 0.15) is 0 Å². The number of rotatable bonds is 3. The van der Waals surface area contributed by atoms with Crippen LogP contribution in [0.3, 0.4) is 0 Å². The Morgan fingerprint density at radius 2 is 2.06 bits per heavy atom. The Bertz CT molecular complexity index is 502. The van der Waals surface area contributed by atoms with Gasteiger partial charge in [0.15, 0.2) is 6.29 Å². The SMILES string of the molecule is Cc1[nH]nc(Cc2ccc(Br)cc2)c1C=O. The van der Waals surface area contributed by atoms with E-state index < -0.39 is 0 Å². The molecule has 1 aromatic heterocycles. The van der Waals surface area contributed by atoms with Crippen LogP contribution in [0.2, 0.25) is 0 Å². The van der Waals surface area contributed by atoms with E-state index in [2.05, 4.69) is 26.1 Å². The Balaban J connectivity index is 2.26. The molecule has 3 nitrogen and oxygen atoms in total. The first kappa shape index (κ1) is 11.1. The van der Waals surface area contributed by atoms with Crippen molar-refractivity contribution in [3.05, 3.63) is 51.3 Å². The van der Waals surface area contributed by atoms with Crippen LogP contribution in [0.25, 0.3) is 0 Å². The number of hydrogen-bond acceptors (Lipinski definition) is 2. The minimum absolute atomic E-state index is 0.669. The maximum absolute atomic E-state index is 10.9. The molecule has 16 heavy (non-hydrogen) atoms. The van der Waals surface area contributed by atoms with Crippen molar-refractivity contribution in [3.8, 4) is 0 Å². The molecule has 0 unspecified atom stereocenters. The van der Waals surface area contributed by atoms with E-state index in [1.807, 2.05) is 31.2 Å². The van der Waals surface area contributed by atoms with E-state index in [4.69, 9.17) is 0 Å². The zero-order valence-electron chi connectivity index (χ0n) is 8.83. The maximum Gasteiger partial charge on any atom is 0.153 e. The molecule has 1 N–H and O–H groups in total. The average molecular weight is 279 g/mol. The fraction of sp³-hybridized carbons (Fsp3) is 0.167. The van der Waals surface area contributed by atoms with E-state index in [-0.39, 0.29) is 0 Å². The van der Waals surface area contributed by atoms with Crippen LogP contribution >= 0.6 is 15.9 Å². The number of carbonyl (C=O) groups excluding carboxylic acids is 1. The summed E-state index contributed by atoms with van der Waals surface area (Å²) >= 11 is 3.39. The van der Waals surface area contributed by atoms with Gasteiger partial charge in [-0.25, -0.2) is 0 Å². The van der Waals surface area contributed by atoms with Crippen LogP contribution in [0.4, 0.5) is 0 Å². The lowest BCUT2D eigenvalue weighted by Gasteiger charge is -1.99. The zero-order valence-corrected chi connectivity index (χ0v) is 10.4. The minimum atomic E-state index is 0.669. The van der Waals surface area contributed by atoms with Gasteiger partial charge in [-0.3, -0.25) is 9.89 Å². The molecule has 0 aliphatic rings. The number of aromatic amines is 1. The van der Waals surface area contributed by atoms with Gasteiger partial charge in [0.25, 0.3) is 0 Å². The third-order valence-electron chi connectivity index (χ3n) is 2.48. The highest BCUT2D eigenvalue weighted by Crippen LogP contribution is 2.16. The molecule has 82 valence electrons. The molecule has 0 bridgehead atoms. The van der Waals surface area contributed by atoms with Crippen LogP contribution in [-0.4, -0.2) is 16.5 Å². The molecule has 0 aliphatic heterocycles. The van der Waals surface area contributed by atoms with E-state index in [1.165, 1.54) is 0 Å². The normalized spacial score (nSPS) is 10.4. The van der Waals surface area contributed by atoms with Gasteiger partial charge in [-0.05, 0) is 24.6 Å². The summed E-state index contributed by atoms with van der Waals surface area (Å²) in [5, 5.41) is 6.97. The second-order valence-electron chi connectivity index (χ2n) is 3.63. The summed E-state index contributed by atoms with van der Waals surface area (Å²) in [6.07, 6.45) is 1.53. The number of nitrogens with one attached hydrogen (secondary N) is 1. The predicted molar refractivity (Wildman–Crippen MR) is 65.7 cm³/mol. The number of halogens is 1. The summed E-state index contributed by atoms with van der Waals surface area (Å²) in [7, 11) is 0. The summed E-state index contributed by atoms with van der Waals surface area (Å²) < 4.78 is 1.05. The van der Waals surface area contributed by atoms with Crippen LogP contribution in [0.1, 0.15) is 27.3 Å². The number of carbonyl (C=O) groups is 1. The lowest BCUT2D eigenvalue weighted by Crippen LogP contribution is -1.93. The van der Waals surface area contributed by atoms with Crippen LogP contribution < -0.4 is 0 Å². The van der Waals surface area contributed by atoms with Crippen molar-refractivity contribution in [2.75, 3.05) is 0 Å². The second kappa shape index (κ2) is 4.61. The lowest BCUT2D eigenvalue weighted by molar-refractivity contribution is 0.112. The summed E-state index contributed by atoms with van der Waals surface area (Å²) in [4.78, 5) is 10.9. The van der Waals surface area contributed by atoms with Gasteiger partial charge in [-0.15, -0.1) is 0 Å². The van der Waals surface area contributed by atoms with Crippen LogP contribution in [0.5, 0.6) is 0 Å². The molecule has 0 atom stereocenters. The molecule has 2 aromatic rings. The van der Waals surface area contributed by atoms with E-state index in [0.717, 1.165) is 27.7 Å². The Morgan fingerprint density at radius 3 is 2.69 bits per heavy atom. The summed E-state index contributed by atoms with van der Waals surface area (Å²) in [5.41, 5.74) is 3.43. The van der Waals surface area contributed by atoms with Crippen LogP contribution in [-0.2, 0) is 6.42 Å². The molecular formula is C12H11BrN2O. The largest absolute Gasteiger partial charge is 0.298 e. The predicted octanol–water partition coefficient (Wildman–Crippen LogP) is 2.88. The van der Waals surface area contributed by atoms with Crippen molar-refractivity contribution in [2.24, 2.45) is 0 Å². The first-order valence-corrected chi connectivity index (χ1v) is 5.73. The minimum Gasteiger partial charge on any atom is -0.298 e. The highest BCUT2D eigenvalue weighted by Gasteiger charge is 2.09. The fourth-order valence-electron chi connectivity index (χ4n) is 1.57. The third kappa shape index (κ3) is 2.22. The average Bonchev–Trinajstić information content (AvgIpc) is 2.63. The first-order chi connectivity index (χ1) is 7.70. The first-order valence-electron chi connectivity index (χ1n) is 4.94. The van der Waals surface area contributed by atoms with Crippen molar-refractivity contribution in [1.29, 1.82) is 0 Å². The zero-order chi connectivity index (χ0) is 11.5. The molecule has 0 saturated heterocycles. The smallest absolute Gasteiger partial charge is 0.153 e. The van der Waals surface area contributed by atoms with Gasteiger partial charge < -0.3 is 0 Å². The molecule has 1 aromatic carbocycles. The monoisotopic (exact) mass is 278 g/mol. The number of aromatic nitrogens is 2. The molecule has 0 fully saturated rings. The summed E-state index contributed by atoms with van der Waals surface area (Å²) in [6.45, 7) is 1.85. The highest BCUT2D eigenvalue weighted by atomic mass is 79.9. The molecule has 0 saturated carbocycles. The van der Waals surface area contributed by atoms with Gasteiger partial charge in [-0.1, -0.05) is 28.1 Å². The van der Waals surface area contributed by atoms with Gasteiger partial charge in [0.2, 0.25) is 0 Å². The number of H-pyrrole nitrogens is 1. The maximum atomic E-state index is 10.9. The standard InChI is InChI=1S/C12H11BrN2O/c1-8-11(7-16)12(15-14-8)6-9-2-4-10(13)5-3-9/h2-5,7H,6H2,1H3,(H,14,15). The highest BCUT2D eigenvalue weighted by molar-refractivity contribution is 9.10. The van der Waals surface area contributed by atoms with Gasteiger partial charge >= 0.3 is 0 Å². The second-order valence-corrected chi connectivity index (χ2v) is 4.55. The Labute approximate surface area is 102 Å². The van der Waals surface area contributed by atoms with Gasteiger partial charge in [-0.2, -0.15) is 5.10 Å². The van der Waals surface area contributed by atoms with E-state index in [1.54, 1.807) is 0 Å². The van der Waals surface area contributed by atoms with Crippen molar-refractivity contribution >= 4 is 22.2 Å². The molecule has 2 rings (SSSR count). The van der Waals surface area contributed by atoms with Crippen molar-refractivity contribution in [2.45, 2.75) is 13.3 Å². The summed E-state index contributed by atoms with van der Waals surface area (Å²) in [5.74, 6) is 0. The van der Waals surface area contributed by atoms with Crippen LogP contribution in [0.15, 0.2) is 28.7 Å². The molecule has 4 heteroatoms. The molecule has 1 heterocycles. The Hall–Kier alpha value is -1.42. The molecule has 0 radical (unpaired) electrons. The van der Waals surface area contributed by atoms with Gasteiger partial charge in [0.05, 0.1) is 11.3 Å². The fourth-order valence-corrected chi connectivity index (χ4v) is 1.84. The van der Waals surface area contributed by atoms with Gasteiger partial charge in [0, 0.05) is 16.6 Å². The summed E-state index contributed by atoms with van der Waals surface area (Å²) in [6, 6.07) is 8.00. The molecule has 0 amide bonds. The van der Waals surface area contributed by atoms with Crippen LogP contribution in [0, 0.1) is 6.92 Å². The number of nitrogens with zero attached hydrogens (tertiary/aromatic N) is 1. The Kier molecular flexibility index (Phi) is 3.19. The number of aldehydes is 1. The topological polar surface area (TPSA) is 45.8 Å². The quantitative estimate of drug-likeness (QED) is 0.878. The molecule has 0 aliphatic carbocycles. The van der Waals surface area contributed by atoms with E-state index in [9.17, 15) is 4.79 Å². The number of aryl methyl sites for hydroxylation is 1. The third-order valence-corrected chi connectivity index (χ3v) is 3.00. The molecular weight excluding hydrogens is 268 g/mol. The lowest BCUT2D eigenvalue weighted by atomic mass is 10.1. The van der Waals surface area contributed by atoms with Crippen molar-refractivity contribution in [3.63, 3.8) is 0 Å². The van der Waals surface area contributed by atoms with Crippen molar-refractivity contribution < 1.29 is 4.79 Å². The van der Waals surface area contributed by atoms with E-state index >= 15 is 0 Å². The number of hydrogen-bond donors (Lipinski definition) is 1.